The zero-order chi connectivity index (χ0) is 24.5. The Hall–Kier alpha value is -3.25. The number of aryl methyl sites for hydroxylation is 1. The molecule has 0 aliphatic carbocycles. The molecular formula is C28H35N3O2S. The number of hydrogen-bond donors (Lipinski definition) is 1. The van der Waals surface area contributed by atoms with E-state index in [1.165, 1.54) is 11.3 Å². The van der Waals surface area contributed by atoms with Crippen LogP contribution in [-0.2, 0) is 13.1 Å². The van der Waals surface area contributed by atoms with Crippen molar-refractivity contribution < 1.29 is 9.47 Å². The average molecular weight is 478 g/mol. The van der Waals surface area contributed by atoms with Crippen molar-refractivity contribution in [2.24, 2.45) is 0 Å². The molecule has 0 bridgehead atoms. The molecule has 0 atom stereocenters. The van der Waals surface area contributed by atoms with E-state index < -0.39 is 0 Å². The Kier molecular flexibility index (Phi) is 9.16. The Morgan fingerprint density at radius 2 is 1.41 bits per heavy atom. The molecule has 0 aliphatic rings. The van der Waals surface area contributed by atoms with Crippen molar-refractivity contribution in [3.05, 3.63) is 83.4 Å². The number of rotatable bonds is 10. The summed E-state index contributed by atoms with van der Waals surface area (Å²) in [5.41, 5.74) is 5.59. The summed E-state index contributed by atoms with van der Waals surface area (Å²) < 4.78 is 10.9. The molecule has 3 aromatic rings. The van der Waals surface area contributed by atoms with Crippen LogP contribution in [-0.4, -0.2) is 37.3 Å². The van der Waals surface area contributed by atoms with Gasteiger partial charge >= 0.3 is 0 Å². The largest absolute Gasteiger partial charge is 0.497 e. The van der Waals surface area contributed by atoms with E-state index in [0.717, 1.165) is 41.4 Å². The fourth-order valence-corrected chi connectivity index (χ4v) is 4.12. The highest BCUT2D eigenvalue weighted by molar-refractivity contribution is 7.80. The van der Waals surface area contributed by atoms with Gasteiger partial charge in [-0.15, -0.1) is 0 Å². The van der Waals surface area contributed by atoms with Crippen LogP contribution in [0.1, 0.15) is 30.5 Å². The smallest absolute Gasteiger partial charge is 0.174 e. The van der Waals surface area contributed by atoms with Crippen LogP contribution in [0.15, 0.2) is 66.7 Å². The third-order valence-corrected chi connectivity index (χ3v) is 6.21. The molecule has 180 valence electrons. The van der Waals surface area contributed by atoms with E-state index in [9.17, 15) is 0 Å². The molecule has 5 nitrogen and oxygen atoms in total. The van der Waals surface area contributed by atoms with Crippen molar-refractivity contribution in [1.82, 2.24) is 4.90 Å². The van der Waals surface area contributed by atoms with Gasteiger partial charge in [0.25, 0.3) is 0 Å². The minimum atomic E-state index is 0.646. The molecule has 0 unspecified atom stereocenters. The summed E-state index contributed by atoms with van der Waals surface area (Å²) in [5, 5.41) is 4.06. The molecular weight excluding hydrogens is 442 g/mol. The van der Waals surface area contributed by atoms with Gasteiger partial charge in [0, 0.05) is 31.9 Å². The summed E-state index contributed by atoms with van der Waals surface area (Å²) in [5.74, 6) is 1.61. The van der Waals surface area contributed by atoms with E-state index in [-0.39, 0.29) is 0 Å². The maximum atomic E-state index is 5.89. The third kappa shape index (κ3) is 6.64. The molecule has 0 amide bonds. The Bertz CT molecular complexity index is 1060. The summed E-state index contributed by atoms with van der Waals surface area (Å²) >= 11 is 5.89. The van der Waals surface area contributed by atoms with Crippen LogP contribution in [0.4, 0.5) is 11.4 Å². The van der Waals surface area contributed by atoms with E-state index >= 15 is 0 Å². The maximum absolute atomic E-state index is 5.89. The van der Waals surface area contributed by atoms with E-state index in [1.54, 1.807) is 14.2 Å². The predicted octanol–water partition coefficient (Wildman–Crippen LogP) is 6.26. The van der Waals surface area contributed by atoms with Crippen molar-refractivity contribution in [2.45, 2.75) is 33.9 Å². The fourth-order valence-electron chi connectivity index (χ4n) is 3.89. The van der Waals surface area contributed by atoms with Crippen molar-refractivity contribution >= 4 is 28.7 Å². The number of nitrogens with one attached hydrogen (secondary N) is 1. The van der Waals surface area contributed by atoms with Gasteiger partial charge in [-0.05, 0) is 86.1 Å². The first-order valence-corrected chi connectivity index (χ1v) is 12.1. The Morgan fingerprint density at radius 1 is 0.824 bits per heavy atom. The minimum absolute atomic E-state index is 0.646. The van der Waals surface area contributed by atoms with Crippen LogP contribution >= 0.6 is 12.2 Å². The molecule has 0 spiro atoms. The van der Waals surface area contributed by atoms with Gasteiger partial charge in [-0.3, -0.25) is 0 Å². The predicted molar refractivity (Wildman–Crippen MR) is 146 cm³/mol. The van der Waals surface area contributed by atoms with Crippen molar-refractivity contribution in [2.75, 3.05) is 37.5 Å². The number of benzene rings is 3. The number of thiocarbonyl (C=S) groups is 1. The third-order valence-electron chi connectivity index (χ3n) is 5.85. The van der Waals surface area contributed by atoms with Crippen LogP contribution in [0.25, 0.3) is 0 Å². The lowest BCUT2D eigenvalue weighted by Gasteiger charge is -2.27. The SMILES string of the molecule is CCN(CC)c1ccc(CN(Cc2ccc(OC)cc2)C(=S)Nc2cc(C)ccc2OC)cc1. The molecule has 0 saturated heterocycles. The minimum Gasteiger partial charge on any atom is -0.497 e. The molecule has 0 radical (unpaired) electrons. The first-order valence-electron chi connectivity index (χ1n) is 11.6. The second-order valence-corrected chi connectivity index (χ2v) is 8.56. The van der Waals surface area contributed by atoms with E-state index in [2.05, 4.69) is 78.4 Å². The molecule has 0 saturated carbocycles. The highest BCUT2D eigenvalue weighted by Crippen LogP contribution is 2.26. The van der Waals surface area contributed by atoms with Crippen molar-refractivity contribution in [1.29, 1.82) is 0 Å². The molecule has 0 aromatic heterocycles. The number of nitrogens with zero attached hydrogens (tertiary/aromatic N) is 2. The lowest BCUT2D eigenvalue weighted by molar-refractivity contribution is 0.405. The summed E-state index contributed by atoms with van der Waals surface area (Å²) in [7, 11) is 3.35. The monoisotopic (exact) mass is 477 g/mol. The highest BCUT2D eigenvalue weighted by atomic mass is 32.1. The fraction of sp³-hybridized carbons (Fsp3) is 0.321. The lowest BCUT2D eigenvalue weighted by Crippen LogP contribution is -2.34. The Morgan fingerprint density at radius 3 is 1.94 bits per heavy atom. The number of ether oxygens (including phenoxy) is 2. The quantitative estimate of drug-likeness (QED) is 0.348. The molecule has 34 heavy (non-hydrogen) atoms. The second-order valence-electron chi connectivity index (χ2n) is 8.18. The highest BCUT2D eigenvalue weighted by Gasteiger charge is 2.15. The molecule has 1 N–H and O–H groups in total. The molecule has 0 fully saturated rings. The van der Waals surface area contributed by atoms with Gasteiger partial charge in [0.15, 0.2) is 5.11 Å². The summed E-state index contributed by atoms with van der Waals surface area (Å²) in [6.07, 6.45) is 0. The second kappa shape index (κ2) is 12.3. The number of anilines is 2. The average Bonchev–Trinajstić information content (AvgIpc) is 2.86. The van der Waals surface area contributed by atoms with Crippen LogP contribution in [0.3, 0.4) is 0 Å². The van der Waals surface area contributed by atoms with Gasteiger partial charge in [0.1, 0.15) is 11.5 Å². The Balaban J connectivity index is 1.84. The normalized spacial score (nSPS) is 10.5. The van der Waals surface area contributed by atoms with Crippen LogP contribution < -0.4 is 19.7 Å². The van der Waals surface area contributed by atoms with E-state index in [0.29, 0.717) is 18.2 Å². The molecule has 0 aliphatic heterocycles. The maximum Gasteiger partial charge on any atom is 0.174 e. The standard InChI is InChI=1S/C28H35N3O2S/c1-6-30(7-2)24-13-9-22(10-14-24)19-31(20-23-11-15-25(32-4)16-12-23)28(34)29-26-18-21(3)8-17-27(26)33-5/h8-18H,6-7,19-20H2,1-5H3,(H,29,34). The Labute approximate surface area is 209 Å². The zero-order valence-electron chi connectivity index (χ0n) is 20.8. The van der Waals surface area contributed by atoms with Crippen LogP contribution in [0, 0.1) is 6.92 Å². The first-order chi connectivity index (χ1) is 16.5. The van der Waals surface area contributed by atoms with Crippen molar-refractivity contribution in [3.8, 4) is 11.5 Å². The molecule has 3 aromatic carbocycles. The van der Waals surface area contributed by atoms with Crippen LogP contribution in [0.2, 0.25) is 0 Å². The number of methoxy groups -OCH3 is 2. The summed E-state index contributed by atoms with van der Waals surface area (Å²) in [6.45, 7) is 9.75. The van der Waals surface area contributed by atoms with Gasteiger partial charge < -0.3 is 24.6 Å². The topological polar surface area (TPSA) is 37.0 Å². The lowest BCUT2D eigenvalue weighted by atomic mass is 10.1. The van der Waals surface area contributed by atoms with Gasteiger partial charge in [0.05, 0.1) is 19.9 Å². The molecule has 6 heteroatoms. The first kappa shape index (κ1) is 25.4. The van der Waals surface area contributed by atoms with Gasteiger partial charge in [0.2, 0.25) is 0 Å². The zero-order valence-corrected chi connectivity index (χ0v) is 21.6. The van der Waals surface area contributed by atoms with E-state index in [4.69, 9.17) is 21.7 Å². The van der Waals surface area contributed by atoms with E-state index in [1.807, 2.05) is 24.3 Å². The van der Waals surface area contributed by atoms with Gasteiger partial charge in [-0.1, -0.05) is 30.3 Å². The summed E-state index contributed by atoms with van der Waals surface area (Å²) in [4.78, 5) is 4.51. The summed E-state index contributed by atoms with van der Waals surface area (Å²) in [6, 6.07) is 22.9. The molecule has 0 heterocycles. The van der Waals surface area contributed by atoms with Crippen LogP contribution in [0.5, 0.6) is 11.5 Å². The molecule has 3 rings (SSSR count). The number of hydrogen-bond acceptors (Lipinski definition) is 4. The van der Waals surface area contributed by atoms with Gasteiger partial charge in [-0.2, -0.15) is 0 Å². The van der Waals surface area contributed by atoms with Gasteiger partial charge in [-0.25, -0.2) is 0 Å². The van der Waals surface area contributed by atoms with Crippen molar-refractivity contribution in [3.63, 3.8) is 0 Å².